The third-order valence-corrected chi connectivity index (χ3v) is 2.18. The van der Waals surface area contributed by atoms with E-state index in [1.165, 1.54) is 6.07 Å². The van der Waals surface area contributed by atoms with Crippen molar-refractivity contribution in [3.8, 4) is 0 Å². The molecular formula is C10H11FN4. The summed E-state index contributed by atoms with van der Waals surface area (Å²) < 4.78 is 13.5. The molecule has 0 radical (unpaired) electrons. The van der Waals surface area contributed by atoms with E-state index >= 15 is 0 Å². The normalized spacial score (nSPS) is 12.7. The SMILES string of the molecule is NNC(c1ncc[nH]1)c1ccccc1F. The molecule has 2 rings (SSSR count). The van der Waals surface area contributed by atoms with Crippen molar-refractivity contribution in [3.05, 3.63) is 53.9 Å². The van der Waals surface area contributed by atoms with Crippen molar-refractivity contribution in [1.82, 2.24) is 15.4 Å². The van der Waals surface area contributed by atoms with Gasteiger partial charge in [-0.1, -0.05) is 18.2 Å². The molecule has 0 aliphatic heterocycles. The van der Waals surface area contributed by atoms with Crippen molar-refractivity contribution >= 4 is 0 Å². The third-order valence-electron chi connectivity index (χ3n) is 2.18. The fourth-order valence-corrected chi connectivity index (χ4v) is 1.46. The molecule has 0 saturated heterocycles. The second-order valence-electron chi connectivity index (χ2n) is 3.10. The average Bonchev–Trinajstić information content (AvgIpc) is 2.75. The van der Waals surface area contributed by atoms with Crippen LogP contribution < -0.4 is 11.3 Å². The number of nitrogens with one attached hydrogen (secondary N) is 2. The van der Waals surface area contributed by atoms with Crippen LogP contribution in [0.15, 0.2) is 36.7 Å². The Morgan fingerprint density at radius 2 is 2.20 bits per heavy atom. The van der Waals surface area contributed by atoms with Gasteiger partial charge in [0.05, 0.1) is 0 Å². The summed E-state index contributed by atoms with van der Waals surface area (Å²) in [5.74, 6) is 5.67. The summed E-state index contributed by atoms with van der Waals surface area (Å²) in [6.07, 6.45) is 3.26. The number of aromatic nitrogens is 2. The zero-order chi connectivity index (χ0) is 10.7. The van der Waals surface area contributed by atoms with Gasteiger partial charge in [-0.2, -0.15) is 0 Å². The molecule has 1 aromatic carbocycles. The van der Waals surface area contributed by atoms with Gasteiger partial charge in [-0.05, 0) is 6.07 Å². The second kappa shape index (κ2) is 4.20. The largest absolute Gasteiger partial charge is 0.347 e. The quantitative estimate of drug-likeness (QED) is 0.520. The van der Waals surface area contributed by atoms with Crippen molar-refractivity contribution in [1.29, 1.82) is 0 Å². The minimum Gasteiger partial charge on any atom is -0.347 e. The molecule has 0 amide bonds. The van der Waals surface area contributed by atoms with E-state index in [0.29, 0.717) is 11.4 Å². The summed E-state index contributed by atoms with van der Waals surface area (Å²) in [5, 5.41) is 0. The lowest BCUT2D eigenvalue weighted by Crippen LogP contribution is -2.30. The summed E-state index contributed by atoms with van der Waals surface area (Å²) in [7, 11) is 0. The number of nitrogens with two attached hydrogens (primary N) is 1. The summed E-state index contributed by atoms with van der Waals surface area (Å²) in [6, 6.07) is 5.99. The Morgan fingerprint density at radius 1 is 1.40 bits per heavy atom. The fraction of sp³-hybridized carbons (Fsp3) is 0.100. The highest BCUT2D eigenvalue weighted by atomic mass is 19.1. The molecule has 1 atom stereocenters. The Kier molecular flexibility index (Phi) is 2.75. The monoisotopic (exact) mass is 206 g/mol. The lowest BCUT2D eigenvalue weighted by atomic mass is 10.1. The fourth-order valence-electron chi connectivity index (χ4n) is 1.46. The molecule has 78 valence electrons. The summed E-state index contributed by atoms with van der Waals surface area (Å²) in [4.78, 5) is 6.93. The van der Waals surface area contributed by atoms with Crippen molar-refractivity contribution < 1.29 is 4.39 Å². The average molecular weight is 206 g/mol. The van der Waals surface area contributed by atoms with Gasteiger partial charge in [-0.3, -0.25) is 5.84 Å². The molecule has 1 unspecified atom stereocenters. The number of benzene rings is 1. The maximum atomic E-state index is 13.5. The summed E-state index contributed by atoms with van der Waals surface area (Å²) in [5.41, 5.74) is 3.00. The zero-order valence-electron chi connectivity index (χ0n) is 7.94. The molecule has 0 spiro atoms. The van der Waals surface area contributed by atoms with Gasteiger partial charge < -0.3 is 4.98 Å². The van der Waals surface area contributed by atoms with Gasteiger partial charge in [0.25, 0.3) is 0 Å². The second-order valence-corrected chi connectivity index (χ2v) is 3.10. The van der Waals surface area contributed by atoms with Crippen LogP contribution in [0.25, 0.3) is 0 Å². The Balaban J connectivity index is 2.40. The Labute approximate surface area is 86.3 Å². The van der Waals surface area contributed by atoms with Gasteiger partial charge in [-0.15, -0.1) is 0 Å². The number of hydrazine groups is 1. The van der Waals surface area contributed by atoms with Crippen molar-refractivity contribution in [2.45, 2.75) is 6.04 Å². The van der Waals surface area contributed by atoms with Crippen LogP contribution in [-0.4, -0.2) is 9.97 Å². The smallest absolute Gasteiger partial charge is 0.129 e. The molecule has 15 heavy (non-hydrogen) atoms. The van der Waals surface area contributed by atoms with E-state index in [2.05, 4.69) is 15.4 Å². The minimum absolute atomic E-state index is 0.308. The third kappa shape index (κ3) is 1.88. The van der Waals surface area contributed by atoms with Crippen molar-refractivity contribution in [2.75, 3.05) is 0 Å². The zero-order valence-corrected chi connectivity index (χ0v) is 7.94. The first kappa shape index (κ1) is 9.82. The highest BCUT2D eigenvalue weighted by Gasteiger charge is 2.17. The van der Waals surface area contributed by atoms with E-state index in [1.807, 2.05) is 0 Å². The predicted octanol–water partition coefficient (Wildman–Crippen LogP) is 1.10. The molecule has 0 aliphatic rings. The van der Waals surface area contributed by atoms with Gasteiger partial charge in [0.15, 0.2) is 0 Å². The first-order valence-electron chi connectivity index (χ1n) is 4.52. The van der Waals surface area contributed by atoms with E-state index in [1.54, 1.807) is 30.6 Å². The van der Waals surface area contributed by atoms with Gasteiger partial charge in [0.2, 0.25) is 0 Å². The number of hydrogen-bond donors (Lipinski definition) is 3. The minimum atomic E-state index is -0.457. The van der Waals surface area contributed by atoms with Gasteiger partial charge >= 0.3 is 0 Å². The van der Waals surface area contributed by atoms with Gasteiger partial charge in [0, 0.05) is 18.0 Å². The van der Waals surface area contributed by atoms with Gasteiger partial charge in [0.1, 0.15) is 17.7 Å². The summed E-state index contributed by atoms with van der Waals surface area (Å²) in [6.45, 7) is 0. The standard InChI is InChI=1S/C10H11FN4/c11-8-4-2-1-3-7(8)9(15-12)10-13-5-6-14-10/h1-6,9,15H,12H2,(H,13,14). The van der Waals surface area contributed by atoms with Gasteiger partial charge in [-0.25, -0.2) is 14.8 Å². The molecule has 0 aliphatic carbocycles. The topological polar surface area (TPSA) is 66.7 Å². The molecular weight excluding hydrogens is 195 g/mol. The highest BCUT2D eigenvalue weighted by molar-refractivity contribution is 5.26. The molecule has 4 nitrogen and oxygen atoms in total. The van der Waals surface area contributed by atoms with Crippen molar-refractivity contribution in [2.24, 2.45) is 5.84 Å². The molecule has 1 aromatic heterocycles. The van der Waals surface area contributed by atoms with Crippen LogP contribution in [0.3, 0.4) is 0 Å². The first-order valence-corrected chi connectivity index (χ1v) is 4.52. The number of H-pyrrole nitrogens is 1. The number of nitrogens with zero attached hydrogens (tertiary/aromatic N) is 1. The summed E-state index contributed by atoms with van der Waals surface area (Å²) >= 11 is 0. The molecule has 0 bridgehead atoms. The molecule has 0 fully saturated rings. The van der Waals surface area contributed by atoms with Crippen LogP contribution in [0.2, 0.25) is 0 Å². The molecule has 5 heteroatoms. The lowest BCUT2D eigenvalue weighted by Gasteiger charge is -2.14. The van der Waals surface area contributed by atoms with E-state index < -0.39 is 6.04 Å². The maximum absolute atomic E-state index is 13.5. The number of rotatable bonds is 3. The number of imidazole rings is 1. The lowest BCUT2D eigenvalue weighted by molar-refractivity contribution is 0.547. The maximum Gasteiger partial charge on any atom is 0.129 e. The van der Waals surface area contributed by atoms with E-state index in [4.69, 9.17) is 5.84 Å². The number of hydrogen-bond acceptors (Lipinski definition) is 3. The Hall–Kier alpha value is -1.72. The van der Waals surface area contributed by atoms with Crippen LogP contribution >= 0.6 is 0 Å². The van der Waals surface area contributed by atoms with E-state index in [9.17, 15) is 4.39 Å². The first-order chi connectivity index (χ1) is 7.33. The predicted molar refractivity (Wildman–Crippen MR) is 54.2 cm³/mol. The van der Waals surface area contributed by atoms with Crippen LogP contribution in [0, 0.1) is 5.82 Å². The molecule has 4 N–H and O–H groups in total. The van der Waals surface area contributed by atoms with E-state index in [0.717, 1.165) is 0 Å². The number of halogens is 1. The molecule has 0 saturated carbocycles. The highest BCUT2D eigenvalue weighted by Crippen LogP contribution is 2.20. The number of aromatic amines is 1. The molecule has 1 heterocycles. The van der Waals surface area contributed by atoms with Crippen LogP contribution in [0.1, 0.15) is 17.4 Å². The van der Waals surface area contributed by atoms with E-state index in [-0.39, 0.29) is 5.82 Å². The Morgan fingerprint density at radius 3 is 2.80 bits per heavy atom. The Bertz CT molecular complexity index is 427. The molecule has 2 aromatic rings. The van der Waals surface area contributed by atoms with Crippen molar-refractivity contribution in [3.63, 3.8) is 0 Å². The van der Waals surface area contributed by atoms with Crippen LogP contribution in [0.5, 0.6) is 0 Å². The van der Waals surface area contributed by atoms with Crippen LogP contribution in [0.4, 0.5) is 4.39 Å². The van der Waals surface area contributed by atoms with Crippen LogP contribution in [-0.2, 0) is 0 Å².